The lowest BCUT2D eigenvalue weighted by Crippen LogP contribution is -2.29. The van der Waals surface area contributed by atoms with Crippen LogP contribution in [0.2, 0.25) is 0 Å². The molecule has 0 aliphatic heterocycles. The van der Waals surface area contributed by atoms with Gasteiger partial charge in [-0.3, -0.25) is 4.79 Å². The molecule has 5 nitrogen and oxygen atoms in total. The summed E-state index contributed by atoms with van der Waals surface area (Å²) in [5.41, 5.74) is 0. The highest BCUT2D eigenvalue weighted by atomic mass is 16.5. The fourth-order valence-electron chi connectivity index (χ4n) is 6.75. The maximum Gasteiger partial charge on any atom is 0.306 e. The summed E-state index contributed by atoms with van der Waals surface area (Å²) in [5, 5.41) is 9.51. The SMILES string of the molecule is CCCCCCCCC(CCCCCCCC)OC(=O)CCCCCCCN(CCO)CCCOCC1CC1CCCCCC. The quantitative estimate of drug-likeness (QED) is 0.0547. The van der Waals surface area contributed by atoms with Crippen LogP contribution in [0.3, 0.4) is 0 Å². The molecule has 0 aromatic heterocycles. The second kappa shape index (κ2) is 31.9. The number of carbonyl (C=O) groups is 1. The number of rotatable bonds is 36. The molecule has 45 heavy (non-hydrogen) atoms. The molecule has 1 rings (SSSR count). The van der Waals surface area contributed by atoms with Crippen LogP contribution in [0.1, 0.15) is 194 Å². The normalized spacial score (nSPS) is 16.2. The van der Waals surface area contributed by atoms with Crippen LogP contribution < -0.4 is 0 Å². The largest absolute Gasteiger partial charge is 0.462 e. The van der Waals surface area contributed by atoms with Gasteiger partial charge in [0.1, 0.15) is 6.10 Å². The molecular formula is C40H79NO4. The second-order valence-electron chi connectivity index (χ2n) is 14.3. The lowest BCUT2D eigenvalue weighted by Gasteiger charge is -2.21. The van der Waals surface area contributed by atoms with Gasteiger partial charge in [0, 0.05) is 32.7 Å². The lowest BCUT2D eigenvalue weighted by atomic mass is 10.0. The first-order valence-electron chi connectivity index (χ1n) is 20.2. The van der Waals surface area contributed by atoms with Crippen molar-refractivity contribution in [3.63, 3.8) is 0 Å². The van der Waals surface area contributed by atoms with Gasteiger partial charge in [-0.1, -0.05) is 136 Å². The molecule has 0 amide bonds. The standard InChI is InChI=1S/C40H79NO4/c1-4-7-10-13-16-21-27-39(28-22-17-14-11-8-5-2)45-40(43)29-23-18-15-19-24-30-41(32-33-42)31-25-34-44-36-38-35-37(38)26-20-12-9-6-3/h37-39,42H,4-36H2,1-3H3. The number of hydrogen-bond donors (Lipinski definition) is 1. The van der Waals surface area contributed by atoms with Crippen LogP contribution >= 0.6 is 0 Å². The van der Waals surface area contributed by atoms with E-state index >= 15 is 0 Å². The van der Waals surface area contributed by atoms with Crippen LogP contribution in [0.5, 0.6) is 0 Å². The van der Waals surface area contributed by atoms with Crippen LogP contribution in [0.4, 0.5) is 0 Å². The molecule has 5 heteroatoms. The topological polar surface area (TPSA) is 59.0 Å². The van der Waals surface area contributed by atoms with E-state index in [0.29, 0.717) is 6.42 Å². The molecule has 0 aromatic carbocycles. The molecule has 1 saturated carbocycles. The molecule has 0 spiro atoms. The van der Waals surface area contributed by atoms with Crippen molar-refractivity contribution < 1.29 is 19.4 Å². The minimum Gasteiger partial charge on any atom is -0.462 e. The van der Waals surface area contributed by atoms with E-state index in [4.69, 9.17) is 9.47 Å². The van der Waals surface area contributed by atoms with Gasteiger partial charge in [-0.25, -0.2) is 0 Å². The van der Waals surface area contributed by atoms with Crippen molar-refractivity contribution in [2.45, 2.75) is 200 Å². The van der Waals surface area contributed by atoms with Crippen molar-refractivity contribution in [2.24, 2.45) is 11.8 Å². The Labute approximate surface area is 281 Å². The first kappa shape index (κ1) is 42.4. The molecule has 0 aromatic rings. The summed E-state index contributed by atoms with van der Waals surface area (Å²) >= 11 is 0. The minimum atomic E-state index is 0.0254. The molecule has 268 valence electrons. The average molecular weight is 638 g/mol. The van der Waals surface area contributed by atoms with Gasteiger partial charge in [-0.2, -0.15) is 0 Å². The van der Waals surface area contributed by atoms with Gasteiger partial charge in [-0.05, 0) is 69.7 Å². The Morgan fingerprint density at radius 1 is 0.644 bits per heavy atom. The van der Waals surface area contributed by atoms with E-state index in [1.165, 1.54) is 128 Å². The highest BCUT2D eigenvalue weighted by molar-refractivity contribution is 5.69. The van der Waals surface area contributed by atoms with E-state index in [2.05, 4.69) is 25.7 Å². The van der Waals surface area contributed by atoms with Crippen LogP contribution in [0, 0.1) is 11.8 Å². The molecule has 1 aliphatic rings. The number of nitrogens with zero attached hydrogens (tertiary/aromatic N) is 1. The first-order valence-corrected chi connectivity index (χ1v) is 20.2. The van der Waals surface area contributed by atoms with Crippen LogP contribution in [-0.2, 0) is 14.3 Å². The smallest absolute Gasteiger partial charge is 0.306 e. The summed E-state index contributed by atoms with van der Waals surface area (Å²) in [6.45, 7) is 11.6. The molecule has 0 radical (unpaired) electrons. The first-order chi connectivity index (χ1) is 22.1. The molecule has 0 bridgehead atoms. The molecule has 0 heterocycles. The number of esters is 1. The maximum atomic E-state index is 12.7. The number of ether oxygens (including phenoxy) is 2. The summed E-state index contributed by atoms with van der Waals surface area (Å²) in [6.07, 6.45) is 33.2. The van der Waals surface area contributed by atoms with Crippen molar-refractivity contribution in [3.05, 3.63) is 0 Å². The van der Waals surface area contributed by atoms with Crippen molar-refractivity contribution in [1.82, 2.24) is 4.90 Å². The van der Waals surface area contributed by atoms with Gasteiger partial charge in [-0.15, -0.1) is 0 Å². The monoisotopic (exact) mass is 638 g/mol. The summed E-state index contributed by atoms with van der Waals surface area (Å²) in [6, 6.07) is 0. The van der Waals surface area contributed by atoms with E-state index in [1.807, 2.05) is 0 Å². The van der Waals surface area contributed by atoms with Gasteiger partial charge in [0.05, 0.1) is 6.61 Å². The van der Waals surface area contributed by atoms with E-state index in [1.54, 1.807) is 0 Å². The van der Waals surface area contributed by atoms with Crippen molar-refractivity contribution in [1.29, 1.82) is 0 Å². The Morgan fingerprint density at radius 2 is 1.18 bits per heavy atom. The maximum absolute atomic E-state index is 12.7. The summed E-state index contributed by atoms with van der Waals surface area (Å²) in [7, 11) is 0. The minimum absolute atomic E-state index is 0.0254. The third-order valence-electron chi connectivity index (χ3n) is 9.92. The van der Waals surface area contributed by atoms with E-state index < -0.39 is 0 Å². The molecular weight excluding hydrogens is 558 g/mol. The lowest BCUT2D eigenvalue weighted by molar-refractivity contribution is -0.150. The number of aliphatic hydroxyl groups excluding tert-OH is 1. The van der Waals surface area contributed by atoms with Crippen molar-refractivity contribution in [2.75, 3.05) is 39.5 Å². The van der Waals surface area contributed by atoms with E-state index in [9.17, 15) is 9.90 Å². The Bertz CT molecular complexity index is 613. The van der Waals surface area contributed by atoms with Gasteiger partial charge in [0.25, 0.3) is 0 Å². The number of unbranched alkanes of at least 4 members (excludes halogenated alkanes) is 17. The Hall–Kier alpha value is -0.650. The average Bonchev–Trinajstić information content (AvgIpc) is 3.79. The number of hydrogen-bond acceptors (Lipinski definition) is 5. The highest BCUT2D eigenvalue weighted by Crippen LogP contribution is 2.42. The third-order valence-corrected chi connectivity index (χ3v) is 9.92. The van der Waals surface area contributed by atoms with E-state index in [0.717, 1.165) is 83.2 Å². The molecule has 2 unspecified atom stereocenters. The molecule has 1 aliphatic carbocycles. The molecule has 2 atom stereocenters. The van der Waals surface area contributed by atoms with Crippen molar-refractivity contribution >= 4 is 5.97 Å². The van der Waals surface area contributed by atoms with Crippen LogP contribution in [0.15, 0.2) is 0 Å². The Morgan fingerprint density at radius 3 is 1.80 bits per heavy atom. The molecule has 1 fully saturated rings. The number of carbonyl (C=O) groups excluding carboxylic acids is 1. The zero-order chi connectivity index (χ0) is 32.6. The fourth-order valence-corrected chi connectivity index (χ4v) is 6.75. The predicted octanol–water partition coefficient (Wildman–Crippen LogP) is 11.0. The van der Waals surface area contributed by atoms with Crippen molar-refractivity contribution in [3.8, 4) is 0 Å². The summed E-state index contributed by atoms with van der Waals surface area (Å²) in [5.74, 6) is 1.77. The zero-order valence-corrected chi connectivity index (χ0v) is 30.7. The molecule has 1 N–H and O–H groups in total. The third kappa shape index (κ3) is 27.0. The Kier molecular flexibility index (Phi) is 30.1. The van der Waals surface area contributed by atoms with Crippen LogP contribution in [-0.4, -0.2) is 61.5 Å². The van der Waals surface area contributed by atoms with Crippen LogP contribution in [0.25, 0.3) is 0 Å². The van der Waals surface area contributed by atoms with Gasteiger partial charge in [0.2, 0.25) is 0 Å². The van der Waals surface area contributed by atoms with Gasteiger partial charge in [0.15, 0.2) is 0 Å². The summed E-state index contributed by atoms with van der Waals surface area (Å²) < 4.78 is 12.0. The van der Waals surface area contributed by atoms with Gasteiger partial charge < -0.3 is 19.5 Å². The fraction of sp³-hybridized carbons (Fsp3) is 0.975. The van der Waals surface area contributed by atoms with E-state index in [-0.39, 0.29) is 18.7 Å². The highest BCUT2D eigenvalue weighted by Gasteiger charge is 2.36. The number of aliphatic hydroxyl groups is 1. The zero-order valence-electron chi connectivity index (χ0n) is 30.7. The second-order valence-corrected chi connectivity index (χ2v) is 14.3. The molecule has 0 saturated heterocycles. The van der Waals surface area contributed by atoms with Gasteiger partial charge >= 0.3 is 5.97 Å². The summed E-state index contributed by atoms with van der Waals surface area (Å²) in [4.78, 5) is 15.0. The predicted molar refractivity (Wildman–Crippen MR) is 193 cm³/mol. The Balaban J connectivity index is 2.10.